The summed E-state index contributed by atoms with van der Waals surface area (Å²) in [5.41, 5.74) is 2.58. The molecule has 1 aromatic carbocycles. The first-order valence-electron chi connectivity index (χ1n) is 7.01. The minimum atomic E-state index is -4.95. The van der Waals surface area contributed by atoms with Crippen LogP contribution in [-0.4, -0.2) is 34.0 Å². The fraction of sp³-hybridized carbons (Fsp3) is 0.357. The second-order valence-electron chi connectivity index (χ2n) is 5.20. The average Bonchev–Trinajstić information content (AvgIpc) is 2.97. The third-order valence-electron chi connectivity index (χ3n) is 3.25. The molecule has 0 aliphatic carbocycles. The molecule has 1 unspecified atom stereocenters. The highest BCUT2D eigenvalue weighted by atomic mass is 35.5. The maximum atomic E-state index is 13.8. The standard InChI is InChI=1S/C14H15F4N5O.ClH/c1-8(6-19)7-20-13(24)11-12(14(16,17)18)23(22-21-11)10-5-3-2-4-9(10)15;/h2-5,8H,6-7,19H2,1H3,(H,20,24);1H. The quantitative estimate of drug-likeness (QED) is 0.777. The Hall–Kier alpha value is -2.20. The van der Waals surface area contributed by atoms with Crippen LogP contribution in [0, 0.1) is 11.7 Å². The van der Waals surface area contributed by atoms with Crippen LogP contribution in [-0.2, 0) is 6.18 Å². The zero-order chi connectivity index (χ0) is 17.9. The Morgan fingerprint density at radius 3 is 2.56 bits per heavy atom. The molecule has 3 N–H and O–H groups in total. The normalized spacial score (nSPS) is 12.4. The van der Waals surface area contributed by atoms with Crippen molar-refractivity contribution in [2.45, 2.75) is 13.1 Å². The summed E-state index contributed by atoms with van der Waals surface area (Å²) in [5.74, 6) is -2.09. The fourth-order valence-corrected chi connectivity index (χ4v) is 1.92. The molecule has 0 radical (unpaired) electrons. The van der Waals surface area contributed by atoms with Crippen molar-refractivity contribution in [1.82, 2.24) is 20.3 Å². The molecule has 11 heteroatoms. The molecule has 0 saturated carbocycles. The Morgan fingerprint density at radius 2 is 2.00 bits per heavy atom. The largest absolute Gasteiger partial charge is 0.435 e. The lowest BCUT2D eigenvalue weighted by atomic mass is 10.2. The smallest absolute Gasteiger partial charge is 0.350 e. The molecule has 2 aromatic rings. The summed E-state index contributed by atoms with van der Waals surface area (Å²) in [6.45, 7) is 2.06. The first-order chi connectivity index (χ1) is 11.3. The van der Waals surface area contributed by atoms with E-state index in [9.17, 15) is 22.4 Å². The summed E-state index contributed by atoms with van der Waals surface area (Å²) in [6.07, 6.45) is -4.95. The predicted octanol–water partition coefficient (Wildman–Crippen LogP) is 2.17. The highest BCUT2D eigenvalue weighted by Gasteiger charge is 2.42. The van der Waals surface area contributed by atoms with E-state index in [4.69, 9.17) is 5.73 Å². The third kappa shape index (κ3) is 4.67. The Kier molecular flexibility index (Phi) is 6.88. The van der Waals surface area contributed by atoms with Crippen molar-refractivity contribution in [3.8, 4) is 5.69 Å². The van der Waals surface area contributed by atoms with E-state index in [1.807, 2.05) is 0 Å². The number of carbonyl (C=O) groups excluding carboxylic acids is 1. The first-order valence-corrected chi connectivity index (χ1v) is 7.01. The van der Waals surface area contributed by atoms with Gasteiger partial charge >= 0.3 is 6.18 Å². The van der Waals surface area contributed by atoms with Gasteiger partial charge in [-0.15, -0.1) is 17.5 Å². The number of aromatic nitrogens is 3. The van der Waals surface area contributed by atoms with Crippen LogP contribution < -0.4 is 11.1 Å². The number of benzene rings is 1. The number of amides is 1. The zero-order valence-electron chi connectivity index (χ0n) is 13.0. The van der Waals surface area contributed by atoms with Gasteiger partial charge in [-0.05, 0) is 24.6 Å². The van der Waals surface area contributed by atoms with E-state index in [-0.39, 0.29) is 36.1 Å². The van der Waals surface area contributed by atoms with Crippen LogP contribution in [0.1, 0.15) is 23.1 Å². The van der Waals surface area contributed by atoms with E-state index in [1.165, 1.54) is 12.1 Å². The number of hydrogen-bond donors (Lipinski definition) is 2. The van der Waals surface area contributed by atoms with Gasteiger partial charge in [0.25, 0.3) is 5.91 Å². The number of alkyl halides is 3. The summed E-state index contributed by atoms with van der Waals surface area (Å²) in [5, 5.41) is 8.90. The van der Waals surface area contributed by atoms with E-state index < -0.39 is 35.0 Å². The zero-order valence-corrected chi connectivity index (χ0v) is 13.9. The van der Waals surface area contributed by atoms with Crippen molar-refractivity contribution < 1.29 is 22.4 Å². The molecule has 0 spiro atoms. The first kappa shape index (κ1) is 20.8. The van der Waals surface area contributed by atoms with Crippen LogP contribution in [0.2, 0.25) is 0 Å². The van der Waals surface area contributed by atoms with E-state index >= 15 is 0 Å². The van der Waals surface area contributed by atoms with Gasteiger partial charge in [-0.25, -0.2) is 9.07 Å². The molecule has 0 saturated heterocycles. The van der Waals surface area contributed by atoms with E-state index in [2.05, 4.69) is 15.6 Å². The molecule has 1 atom stereocenters. The van der Waals surface area contributed by atoms with Crippen molar-refractivity contribution >= 4 is 18.3 Å². The monoisotopic (exact) mass is 381 g/mol. The number of rotatable bonds is 5. The van der Waals surface area contributed by atoms with Crippen molar-refractivity contribution in [2.75, 3.05) is 13.1 Å². The molecule has 1 heterocycles. The van der Waals surface area contributed by atoms with Gasteiger partial charge in [0, 0.05) is 6.54 Å². The maximum absolute atomic E-state index is 13.8. The number of halogens is 5. The highest BCUT2D eigenvalue weighted by Crippen LogP contribution is 2.33. The van der Waals surface area contributed by atoms with Gasteiger partial charge in [0.05, 0.1) is 0 Å². The number of carbonyl (C=O) groups is 1. The molecule has 25 heavy (non-hydrogen) atoms. The topological polar surface area (TPSA) is 85.8 Å². The molecule has 1 aromatic heterocycles. The Bertz CT molecular complexity index is 734. The molecular weight excluding hydrogens is 366 g/mol. The average molecular weight is 382 g/mol. The van der Waals surface area contributed by atoms with Crippen molar-refractivity contribution in [3.63, 3.8) is 0 Å². The minimum Gasteiger partial charge on any atom is -0.350 e. The van der Waals surface area contributed by atoms with Crippen molar-refractivity contribution in [2.24, 2.45) is 11.7 Å². The minimum absolute atomic E-state index is 0. The van der Waals surface area contributed by atoms with Gasteiger partial charge in [0.15, 0.2) is 11.4 Å². The van der Waals surface area contributed by atoms with Crippen LogP contribution in [0.3, 0.4) is 0 Å². The maximum Gasteiger partial charge on any atom is 0.435 e. The predicted molar refractivity (Wildman–Crippen MR) is 84.1 cm³/mol. The molecular formula is C14H16ClF4N5O. The molecule has 1 amide bonds. The number of nitrogens with zero attached hydrogens (tertiary/aromatic N) is 3. The second kappa shape index (κ2) is 8.26. The van der Waals surface area contributed by atoms with Crippen molar-refractivity contribution in [3.05, 3.63) is 41.5 Å². The summed E-state index contributed by atoms with van der Waals surface area (Å²) in [6, 6.07) is 4.77. The molecule has 138 valence electrons. The lowest BCUT2D eigenvalue weighted by Gasteiger charge is -2.12. The highest BCUT2D eigenvalue weighted by molar-refractivity contribution is 5.93. The lowest BCUT2D eigenvalue weighted by molar-refractivity contribution is -0.143. The Labute approximate surface area is 146 Å². The van der Waals surface area contributed by atoms with Gasteiger partial charge in [-0.3, -0.25) is 4.79 Å². The number of hydrogen-bond acceptors (Lipinski definition) is 4. The van der Waals surface area contributed by atoms with Gasteiger partial charge in [0.1, 0.15) is 11.5 Å². The van der Waals surface area contributed by atoms with E-state index in [0.717, 1.165) is 12.1 Å². The fourth-order valence-electron chi connectivity index (χ4n) is 1.92. The second-order valence-corrected chi connectivity index (χ2v) is 5.20. The molecule has 0 aliphatic rings. The van der Waals surface area contributed by atoms with Gasteiger partial charge in [-0.2, -0.15) is 13.2 Å². The summed E-state index contributed by atoms with van der Waals surface area (Å²) < 4.78 is 54.1. The van der Waals surface area contributed by atoms with Crippen LogP contribution >= 0.6 is 12.4 Å². The lowest BCUT2D eigenvalue weighted by Crippen LogP contribution is -2.33. The van der Waals surface area contributed by atoms with Crippen molar-refractivity contribution in [1.29, 1.82) is 0 Å². The number of nitrogens with one attached hydrogen (secondary N) is 1. The number of para-hydroxylation sites is 1. The molecule has 2 rings (SSSR count). The van der Waals surface area contributed by atoms with Crippen LogP contribution in [0.15, 0.2) is 24.3 Å². The summed E-state index contributed by atoms with van der Waals surface area (Å²) in [4.78, 5) is 12.0. The van der Waals surface area contributed by atoms with Gasteiger partial charge in [-0.1, -0.05) is 24.3 Å². The Morgan fingerprint density at radius 1 is 1.36 bits per heavy atom. The Balaban J connectivity index is 0.00000312. The molecule has 0 fully saturated rings. The van der Waals surface area contributed by atoms with Gasteiger partial charge < -0.3 is 11.1 Å². The van der Waals surface area contributed by atoms with Crippen LogP contribution in [0.25, 0.3) is 5.69 Å². The summed E-state index contributed by atoms with van der Waals surface area (Å²) in [7, 11) is 0. The molecule has 6 nitrogen and oxygen atoms in total. The molecule has 0 aliphatic heterocycles. The van der Waals surface area contributed by atoms with Crippen LogP contribution in [0.5, 0.6) is 0 Å². The molecule has 0 bridgehead atoms. The summed E-state index contributed by atoms with van der Waals surface area (Å²) >= 11 is 0. The SMILES string of the molecule is CC(CN)CNC(=O)c1nnn(-c2ccccc2F)c1C(F)(F)F.Cl. The third-order valence-corrected chi connectivity index (χ3v) is 3.25. The van der Waals surface area contributed by atoms with E-state index in [1.54, 1.807) is 6.92 Å². The van der Waals surface area contributed by atoms with Gasteiger partial charge in [0.2, 0.25) is 0 Å². The number of nitrogens with two attached hydrogens (primary N) is 1. The van der Waals surface area contributed by atoms with Crippen LogP contribution in [0.4, 0.5) is 17.6 Å². The van der Waals surface area contributed by atoms with E-state index in [0.29, 0.717) is 0 Å².